The van der Waals surface area contributed by atoms with Crippen LogP contribution < -0.4 is 4.72 Å². The van der Waals surface area contributed by atoms with E-state index < -0.39 is 10.0 Å². The Hall–Kier alpha value is -0.650. The van der Waals surface area contributed by atoms with Crippen molar-refractivity contribution < 1.29 is 8.42 Å². The average molecular weight is 290 g/mol. The van der Waals surface area contributed by atoms with Crippen LogP contribution >= 0.6 is 15.9 Å². The minimum atomic E-state index is -3.43. The number of rotatable bonds is 4. The summed E-state index contributed by atoms with van der Waals surface area (Å²) < 4.78 is 26.6. The molecule has 0 aliphatic rings. The first kappa shape index (κ1) is 12.4. The highest BCUT2D eigenvalue weighted by atomic mass is 79.9. The monoisotopic (exact) mass is 289 g/mol. The summed E-state index contributed by atoms with van der Waals surface area (Å²) in [5.74, 6) is 0. The van der Waals surface area contributed by atoms with Crippen LogP contribution in [0.4, 0.5) is 0 Å². The van der Waals surface area contributed by atoms with Gasteiger partial charge in [0.1, 0.15) is 0 Å². The van der Waals surface area contributed by atoms with Gasteiger partial charge in [0.05, 0.1) is 4.90 Å². The van der Waals surface area contributed by atoms with Gasteiger partial charge in [-0.1, -0.05) is 40.7 Å². The SMILES string of the molecule is C=C(Br)CNS(=O)(=O)c1ccccc1C. The highest BCUT2D eigenvalue weighted by molar-refractivity contribution is 9.11. The van der Waals surface area contributed by atoms with Gasteiger partial charge in [0.15, 0.2) is 0 Å². The van der Waals surface area contributed by atoms with Gasteiger partial charge in [-0.2, -0.15) is 0 Å². The summed E-state index contributed by atoms with van der Waals surface area (Å²) >= 11 is 3.10. The molecule has 0 aromatic heterocycles. The molecule has 1 rings (SSSR count). The van der Waals surface area contributed by atoms with Crippen LogP contribution in [0.2, 0.25) is 0 Å². The average Bonchev–Trinajstić information content (AvgIpc) is 2.15. The lowest BCUT2D eigenvalue weighted by atomic mass is 10.2. The Morgan fingerprint density at radius 3 is 2.60 bits per heavy atom. The van der Waals surface area contributed by atoms with E-state index >= 15 is 0 Å². The number of aryl methyl sites for hydroxylation is 1. The van der Waals surface area contributed by atoms with Gasteiger partial charge in [0.2, 0.25) is 10.0 Å². The van der Waals surface area contributed by atoms with Crippen molar-refractivity contribution in [3.63, 3.8) is 0 Å². The van der Waals surface area contributed by atoms with E-state index in [1.54, 1.807) is 31.2 Å². The zero-order valence-corrected chi connectivity index (χ0v) is 10.7. The zero-order valence-electron chi connectivity index (χ0n) is 8.33. The molecule has 0 aliphatic carbocycles. The van der Waals surface area contributed by atoms with E-state index in [-0.39, 0.29) is 6.54 Å². The van der Waals surface area contributed by atoms with E-state index in [4.69, 9.17) is 0 Å². The molecule has 0 spiro atoms. The second-order valence-corrected chi connectivity index (χ2v) is 5.96. The van der Waals surface area contributed by atoms with E-state index in [0.29, 0.717) is 9.38 Å². The summed E-state index contributed by atoms with van der Waals surface area (Å²) in [6.07, 6.45) is 0. The second-order valence-electron chi connectivity index (χ2n) is 3.11. The van der Waals surface area contributed by atoms with Crippen LogP contribution in [-0.2, 0) is 10.0 Å². The highest BCUT2D eigenvalue weighted by Gasteiger charge is 2.15. The van der Waals surface area contributed by atoms with E-state index in [9.17, 15) is 8.42 Å². The molecule has 0 radical (unpaired) electrons. The molecule has 0 saturated carbocycles. The summed E-state index contributed by atoms with van der Waals surface area (Å²) in [7, 11) is -3.43. The summed E-state index contributed by atoms with van der Waals surface area (Å²) in [6.45, 7) is 5.52. The van der Waals surface area contributed by atoms with Crippen LogP contribution in [0.3, 0.4) is 0 Å². The van der Waals surface area contributed by atoms with Crippen molar-refractivity contribution in [1.82, 2.24) is 4.72 Å². The first-order chi connectivity index (χ1) is 6.93. The lowest BCUT2D eigenvalue weighted by Gasteiger charge is -2.07. The molecular weight excluding hydrogens is 278 g/mol. The summed E-state index contributed by atoms with van der Waals surface area (Å²) in [4.78, 5) is 0.304. The Bertz CT molecular complexity index is 468. The van der Waals surface area contributed by atoms with Gasteiger partial charge >= 0.3 is 0 Å². The topological polar surface area (TPSA) is 46.2 Å². The van der Waals surface area contributed by atoms with Crippen LogP contribution in [0.15, 0.2) is 40.2 Å². The highest BCUT2D eigenvalue weighted by Crippen LogP contribution is 2.14. The first-order valence-electron chi connectivity index (χ1n) is 4.32. The zero-order chi connectivity index (χ0) is 11.5. The molecule has 15 heavy (non-hydrogen) atoms. The number of hydrogen-bond acceptors (Lipinski definition) is 2. The third-order valence-electron chi connectivity index (χ3n) is 1.84. The molecule has 5 heteroatoms. The molecule has 0 amide bonds. The van der Waals surface area contributed by atoms with Crippen LogP contribution in [0.5, 0.6) is 0 Å². The fourth-order valence-corrected chi connectivity index (χ4v) is 2.70. The number of hydrogen-bond donors (Lipinski definition) is 1. The van der Waals surface area contributed by atoms with E-state index in [1.807, 2.05) is 0 Å². The Morgan fingerprint density at radius 2 is 2.07 bits per heavy atom. The minimum Gasteiger partial charge on any atom is -0.207 e. The molecular formula is C10H12BrNO2S. The van der Waals surface area contributed by atoms with Crippen molar-refractivity contribution in [1.29, 1.82) is 0 Å². The Morgan fingerprint density at radius 1 is 1.47 bits per heavy atom. The molecule has 0 heterocycles. The summed E-state index contributed by atoms with van der Waals surface area (Å²) in [5, 5.41) is 0. The molecule has 3 nitrogen and oxygen atoms in total. The maximum absolute atomic E-state index is 11.8. The molecule has 0 fully saturated rings. The molecule has 1 aromatic rings. The van der Waals surface area contributed by atoms with E-state index in [2.05, 4.69) is 27.2 Å². The third kappa shape index (κ3) is 3.44. The quantitative estimate of drug-likeness (QED) is 0.924. The molecule has 0 aliphatic heterocycles. The van der Waals surface area contributed by atoms with Crippen molar-refractivity contribution >= 4 is 26.0 Å². The number of benzene rings is 1. The second kappa shape index (κ2) is 4.92. The largest absolute Gasteiger partial charge is 0.241 e. The predicted octanol–water partition coefficient (Wildman–Crippen LogP) is 2.18. The van der Waals surface area contributed by atoms with Gasteiger partial charge in [0, 0.05) is 11.0 Å². The standard InChI is InChI=1S/C10H12BrNO2S/c1-8-5-3-4-6-10(8)15(13,14)12-7-9(2)11/h3-6,12H,2,7H2,1H3. The van der Waals surface area contributed by atoms with E-state index in [1.165, 1.54) is 0 Å². The van der Waals surface area contributed by atoms with Crippen LogP contribution in [-0.4, -0.2) is 15.0 Å². The molecule has 0 atom stereocenters. The van der Waals surface area contributed by atoms with Crippen LogP contribution in [0.1, 0.15) is 5.56 Å². The molecule has 0 saturated heterocycles. The van der Waals surface area contributed by atoms with Gasteiger partial charge < -0.3 is 0 Å². The third-order valence-corrected chi connectivity index (χ3v) is 3.68. The number of sulfonamides is 1. The van der Waals surface area contributed by atoms with Gasteiger partial charge in [-0.3, -0.25) is 0 Å². The Labute approximate surface area is 98.4 Å². The minimum absolute atomic E-state index is 0.191. The number of nitrogens with one attached hydrogen (secondary N) is 1. The fraction of sp³-hybridized carbons (Fsp3) is 0.200. The normalized spacial score (nSPS) is 11.3. The van der Waals surface area contributed by atoms with Crippen molar-refractivity contribution in [3.8, 4) is 0 Å². The predicted molar refractivity (Wildman–Crippen MR) is 64.4 cm³/mol. The van der Waals surface area contributed by atoms with Crippen LogP contribution in [0, 0.1) is 6.92 Å². The lowest BCUT2D eigenvalue weighted by Crippen LogP contribution is -2.25. The molecule has 1 N–H and O–H groups in total. The summed E-state index contributed by atoms with van der Waals surface area (Å²) in [6, 6.07) is 6.84. The van der Waals surface area contributed by atoms with Gasteiger partial charge in [-0.15, -0.1) is 0 Å². The smallest absolute Gasteiger partial charge is 0.207 e. The van der Waals surface area contributed by atoms with Crippen molar-refractivity contribution in [2.24, 2.45) is 0 Å². The van der Waals surface area contributed by atoms with E-state index in [0.717, 1.165) is 5.56 Å². The molecule has 1 aromatic carbocycles. The maximum Gasteiger partial charge on any atom is 0.241 e. The van der Waals surface area contributed by atoms with Gasteiger partial charge in [0.25, 0.3) is 0 Å². The van der Waals surface area contributed by atoms with Crippen molar-refractivity contribution in [2.75, 3.05) is 6.54 Å². The fourth-order valence-electron chi connectivity index (χ4n) is 1.11. The molecule has 82 valence electrons. The number of halogens is 1. The molecule has 0 bridgehead atoms. The summed E-state index contributed by atoms with van der Waals surface area (Å²) in [5.41, 5.74) is 0.727. The van der Waals surface area contributed by atoms with Crippen molar-refractivity contribution in [3.05, 3.63) is 40.9 Å². The van der Waals surface area contributed by atoms with Crippen molar-refractivity contribution in [2.45, 2.75) is 11.8 Å². The first-order valence-corrected chi connectivity index (χ1v) is 6.59. The van der Waals surface area contributed by atoms with Gasteiger partial charge in [-0.25, -0.2) is 13.1 Å². The lowest BCUT2D eigenvalue weighted by molar-refractivity contribution is 0.585. The van der Waals surface area contributed by atoms with Gasteiger partial charge in [-0.05, 0) is 18.6 Å². The van der Waals surface area contributed by atoms with Crippen LogP contribution in [0.25, 0.3) is 0 Å². The Kier molecular flexibility index (Phi) is 4.07. The maximum atomic E-state index is 11.8. The molecule has 0 unspecified atom stereocenters. The Balaban J connectivity index is 2.97.